The highest BCUT2D eigenvalue weighted by atomic mass is 16.4. The topological polar surface area (TPSA) is 79.5 Å². The Balaban J connectivity index is 2.11. The first-order chi connectivity index (χ1) is 10.2. The highest BCUT2D eigenvalue weighted by Crippen LogP contribution is 2.08. The van der Waals surface area contributed by atoms with E-state index in [1.165, 1.54) is 13.1 Å². The maximum absolute atomic E-state index is 10.9. The third-order valence-corrected chi connectivity index (χ3v) is 2.98. The fourth-order valence-corrected chi connectivity index (χ4v) is 2.03. The maximum atomic E-state index is 10.9. The quantitative estimate of drug-likeness (QED) is 0.479. The number of hydrogen-bond acceptors (Lipinski definition) is 4. The lowest BCUT2D eigenvalue weighted by Gasteiger charge is -2.04. The zero-order valence-electron chi connectivity index (χ0n) is 11.9. The van der Waals surface area contributed by atoms with Gasteiger partial charge in [-0.15, -0.1) is 0 Å². The van der Waals surface area contributed by atoms with Crippen molar-refractivity contribution in [3.05, 3.63) is 53.6 Å². The van der Waals surface area contributed by atoms with Crippen LogP contribution in [0.3, 0.4) is 0 Å². The Morgan fingerprint density at radius 1 is 1.43 bits per heavy atom. The smallest absolute Gasteiger partial charge is 0.216 e. The van der Waals surface area contributed by atoms with Gasteiger partial charge in [-0.2, -0.15) is 0 Å². The van der Waals surface area contributed by atoms with Crippen LogP contribution in [0.15, 0.2) is 41.7 Å². The molecular weight excluding hydrogens is 268 g/mol. The van der Waals surface area contributed by atoms with Crippen LogP contribution in [0.4, 0.5) is 0 Å². The number of hydrogen-bond donors (Lipinski definition) is 2. The van der Waals surface area contributed by atoms with Crippen molar-refractivity contribution in [2.45, 2.75) is 19.9 Å². The first-order valence-corrected chi connectivity index (χ1v) is 6.71. The number of amides is 1. The fourth-order valence-electron chi connectivity index (χ4n) is 2.03. The third kappa shape index (κ3) is 4.45. The lowest BCUT2D eigenvalue weighted by Crippen LogP contribution is -2.22. The Bertz CT molecular complexity index is 620. The van der Waals surface area contributed by atoms with Gasteiger partial charge < -0.3 is 15.1 Å². The summed E-state index contributed by atoms with van der Waals surface area (Å²) in [6, 6.07) is 9.97. The van der Waals surface area contributed by atoms with E-state index in [1.807, 2.05) is 41.1 Å². The summed E-state index contributed by atoms with van der Waals surface area (Å²) in [6.45, 7) is 2.67. The predicted molar refractivity (Wildman–Crippen MR) is 79.5 cm³/mol. The summed E-state index contributed by atoms with van der Waals surface area (Å²) in [5.41, 5.74) is 1.98. The van der Waals surface area contributed by atoms with Crippen LogP contribution in [0.2, 0.25) is 0 Å². The van der Waals surface area contributed by atoms with Crippen LogP contribution < -0.4 is 5.32 Å². The first kappa shape index (κ1) is 14.8. The van der Waals surface area contributed by atoms with Gasteiger partial charge in [0, 0.05) is 32.6 Å². The molecular formula is C15H18N4O2. The summed E-state index contributed by atoms with van der Waals surface area (Å²) < 4.78 is 1.91. The van der Waals surface area contributed by atoms with Crippen molar-refractivity contribution in [1.29, 1.82) is 0 Å². The van der Waals surface area contributed by atoms with Crippen LogP contribution in [-0.2, 0) is 17.8 Å². The Labute approximate surface area is 123 Å². The van der Waals surface area contributed by atoms with E-state index in [9.17, 15) is 4.79 Å². The summed E-state index contributed by atoms with van der Waals surface area (Å²) in [7, 11) is 0. The van der Waals surface area contributed by atoms with Crippen molar-refractivity contribution in [2.75, 3.05) is 6.54 Å². The number of rotatable bonds is 6. The fraction of sp³-hybridized carbons (Fsp3) is 0.267. The van der Waals surface area contributed by atoms with Gasteiger partial charge in [-0.3, -0.25) is 4.79 Å². The Kier molecular flexibility index (Phi) is 5.09. The van der Waals surface area contributed by atoms with E-state index in [-0.39, 0.29) is 5.91 Å². The molecule has 2 rings (SSSR count). The standard InChI is InChI=1S/C15H18N4O2/c1-12(20)16-8-7-14-11-19(15(18-14)9-17-21)10-13-5-3-2-4-6-13/h2-6,9,11,21H,7-8,10H2,1H3,(H,16,20). The largest absolute Gasteiger partial charge is 0.411 e. The summed E-state index contributed by atoms with van der Waals surface area (Å²) in [6.07, 6.45) is 3.85. The molecule has 0 fully saturated rings. The molecule has 0 atom stereocenters. The molecule has 1 amide bonds. The van der Waals surface area contributed by atoms with Gasteiger partial charge in [0.15, 0.2) is 5.82 Å². The molecule has 110 valence electrons. The van der Waals surface area contributed by atoms with Gasteiger partial charge in [0.2, 0.25) is 5.91 Å². The zero-order chi connectivity index (χ0) is 15.1. The monoisotopic (exact) mass is 286 g/mol. The molecule has 1 aromatic carbocycles. The highest BCUT2D eigenvalue weighted by molar-refractivity contribution is 5.74. The Morgan fingerprint density at radius 2 is 2.19 bits per heavy atom. The van der Waals surface area contributed by atoms with E-state index in [0.29, 0.717) is 25.3 Å². The molecule has 0 saturated heterocycles. The minimum atomic E-state index is -0.0594. The van der Waals surface area contributed by atoms with Gasteiger partial charge in [-0.25, -0.2) is 4.98 Å². The van der Waals surface area contributed by atoms with E-state index in [0.717, 1.165) is 11.3 Å². The summed E-state index contributed by atoms with van der Waals surface area (Å²) in [5, 5.41) is 14.5. The molecule has 0 bridgehead atoms. The summed E-state index contributed by atoms with van der Waals surface area (Å²) in [5.74, 6) is 0.523. The number of aromatic nitrogens is 2. The molecule has 21 heavy (non-hydrogen) atoms. The van der Waals surface area contributed by atoms with Crippen molar-refractivity contribution in [1.82, 2.24) is 14.9 Å². The number of benzene rings is 1. The van der Waals surface area contributed by atoms with Gasteiger partial charge in [-0.1, -0.05) is 35.5 Å². The molecule has 0 spiro atoms. The zero-order valence-corrected chi connectivity index (χ0v) is 11.9. The molecule has 0 aliphatic rings. The van der Waals surface area contributed by atoms with E-state index >= 15 is 0 Å². The lowest BCUT2D eigenvalue weighted by molar-refractivity contribution is -0.118. The van der Waals surface area contributed by atoms with E-state index in [2.05, 4.69) is 15.5 Å². The molecule has 0 aliphatic heterocycles. The molecule has 0 unspecified atom stereocenters. The number of nitrogens with zero attached hydrogens (tertiary/aromatic N) is 3. The van der Waals surface area contributed by atoms with Crippen molar-refractivity contribution in [3.63, 3.8) is 0 Å². The molecule has 6 heteroatoms. The first-order valence-electron chi connectivity index (χ1n) is 6.71. The van der Waals surface area contributed by atoms with Crippen molar-refractivity contribution < 1.29 is 10.0 Å². The van der Waals surface area contributed by atoms with Crippen molar-refractivity contribution in [2.24, 2.45) is 5.16 Å². The average molecular weight is 286 g/mol. The molecule has 2 N–H and O–H groups in total. The minimum Gasteiger partial charge on any atom is -0.411 e. The molecule has 1 aromatic heterocycles. The van der Waals surface area contributed by atoms with E-state index in [4.69, 9.17) is 5.21 Å². The second-order valence-corrected chi connectivity index (χ2v) is 4.68. The molecule has 0 aliphatic carbocycles. The number of nitrogens with one attached hydrogen (secondary N) is 1. The number of oxime groups is 1. The molecule has 0 saturated carbocycles. The van der Waals surface area contributed by atoms with Crippen LogP contribution >= 0.6 is 0 Å². The Morgan fingerprint density at radius 3 is 2.86 bits per heavy atom. The van der Waals surface area contributed by atoms with Gasteiger partial charge >= 0.3 is 0 Å². The normalized spacial score (nSPS) is 10.9. The summed E-state index contributed by atoms with van der Waals surface area (Å²) in [4.78, 5) is 15.3. The number of carbonyl (C=O) groups excluding carboxylic acids is 1. The SMILES string of the molecule is CC(=O)NCCc1cn(Cc2ccccc2)c(C=NO)n1. The van der Waals surface area contributed by atoms with Crippen molar-refractivity contribution in [3.8, 4) is 0 Å². The second-order valence-electron chi connectivity index (χ2n) is 4.68. The van der Waals surface area contributed by atoms with Crippen LogP contribution in [0.25, 0.3) is 0 Å². The third-order valence-electron chi connectivity index (χ3n) is 2.98. The van der Waals surface area contributed by atoms with Crippen LogP contribution in [0.1, 0.15) is 24.0 Å². The van der Waals surface area contributed by atoms with Gasteiger partial charge in [0.05, 0.1) is 5.69 Å². The molecule has 6 nitrogen and oxygen atoms in total. The molecule has 1 heterocycles. The van der Waals surface area contributed by atoms with Crippen LogP contribution in [0.5, 0.6) is 0 Å². The molecule has 2 aromatic rings. The van der Waals surface area contributed by atoms with Crippen LogP contribution in [-0.4, -0.2) is 33.4 Å². The van der Waals surface area contributed by atoms with E-state index < -0.39 is 0 Å². The number of carbonyl (C=O) groups is 1. The van der Waals surface area contributed by atoms with Gasteiger partial charge in [-0.05, 0) is 5.56 Å². The Hall–Kier alpha value is -2.63. The lowest BCUT2D eigenvalue weighted by atomic mass is 10.2. The van der Waals surface area contributed by atoms with Crippen LogP contribution in [0, 0.1) is 0 Å². The maximum Gasteiger partial charge on any atom is 0.216 e. The summed E-state index contributed by atoms with van der Waals surface area (Å²) >= 11 is 0. The highest BCUT2D eigenvalue weighted by Gasteiger charge is 2.07. The molecule has 0 radical (unpaired) electrons. The van der Waals surface area contributed by atoms with Gasteiger partial charge in [0.25, 0.3) is 0 Å². The minimum absolute atomic E-state index is 0.0594. The number of imidazole rings is 1. The predicted octanol–water partition coefficient (Wildman–Crippen LogP) is 1.42. The van der Waals surface area contributed by atoms with Gasteiger partial charge in [0.1, 0.15) is 6.21 Å². The van der Waals surface area contributed by atoms with Crippen molar-refractivity contribution >= 4 is 12.1 Å². The second kappa shape index (κ2) is 7.23. The van der Waals surface area contributed by atoms with E-state index in [1.54, 1.807) is 0 Å². The average Bonchev–Trinajstić information content (AvgIpc) is 2.82.